The van der Waals surface area contributed by atoms with Crippen molar-refractivity contribution in [3.63, 3.8) is 0 Å². The van der Waals surface area contributed by atoms with Crippen LogP contribution in [0.15, 0.2) is 47.5 Å². The van der Waals surface area contributed by atoms with E-state index in [-0.39, 0.29) is 11.9 Å². The summed E-state index contributed by atoms with van der Waals surface area (Å²) in [7, 11) is 6.64. The molecule has 0 bridgehead atoms. The predicted molar refractivity (Wildman–Crippen MR) is 112 cm³/mol. The average molecular weight is 400 g/mol. The van der Waals surface area contributed by atoms with E-state index in [0.717, 1.165) is 12.0 Å². The molecule has 7 nitrogen and oxygen atoms in total. The van der Waals surface area contributed by atoms with E-state index >= 15 is 0 Å². The monoisotopic (exact) mass is 400 g/mol. The maximum absolute atomic E-state index is 12.5. The Morgan fingerprint density at radius 2 is 1.66 bits per heavy atom. The fraction of sp³-hybridized carbons (Fsp3) is 0.364. The number of hydrogen-bond acceptors (Lipinski definition) is 5. The minimum absolute atomic E-state index is 0.286. The lowest BCUT2D eigenvalue weighted by Crippen LogP contribution is -2.32. The standard InChI is InChI=1S/C22H28N2O5/c1-6-29-22(23-21(25)17-8-10-18(26-3)11-9-17)24(2)14-13-16-7-12-19(27-4)20(15-16)28-5/h7-12,15H,6,13-14H2,1-5H3. The topological polar surface area (TPSA) is 69.6 Å². The first-order chi connectivity index (χ1) is 14.0. The summed E-state index contributed by atoms with van der Waals surface area (Å²) >= 11 is 0. The summed E-state index contributed by atoms with van der Waals surface area (Å²) in [5.74, 6) is 1.68. The van der Waals surface area contributed by atoms with Gasteiger partial charge in [0.15, 0.2) is 11.5 Å². The second-order valence-electron chi connectivity index (χ2n) is 6.22. The molecular weight excluding hydrogens is 372 g/mol. The smallest absolute Gasteiger partial charge is 0.295 e. The van der Waals surface area contributed by atoms with Crippen LogP contribution in [0.1, 0.15) is 22.8 Å². The Morgan fingerprint density at radius 3 is 2.24 bits per heavy atom. The number of carbonyl (C=O) groups is 1. The summed E-state index contributed by atoms with van der Waals surface area (Å²) in [6.45, 7) is 2.88. The molecule has 0 heterocycles. The minimum atomic E-state index is -0.367. The average Bonchev–Trinajstić information content (AvgIpc) is 2.76. The maximum Gasteiger partial charge on any atom is 0.295 e. The zero-order chi connectivity index (χ0) is 21.2. The van der Waals surface area contributed by atoms with Crippen LogP contribution < -0.4 is 14.2 Å². The highest BCUT2D eigenvalue weighted by molar-refractivity contribution is 6.01. The van der Waals surface area contributed by atoms with Gasteiger partial charge in [0.2, 0.25) is 0 Å². The highest BCUT2D eigenvalue weighted by Crippen LogP contribution is 2.27. The summed E-state index contributed by atoms with van der Waals surface area (Å²) in [5.41, 5.74) is 1.54. The van der Waals surface area contributed by atoms with Gasteiger partial charge >= 0.3 is 0 Å². The zero-order valence-corrected chi connectivity index (χ0v) is 17.6. The Morgan fingerprint density at radius 1 is 0.966 bits per heavy atom. The van der Waals surface area contributed by atoms with Crippen molar-refractivity contribution in [3.8, 4) is 17.2 Å². The SMILES string of the molecule is CCOC(=NC(=O)c1ccc(OC)cc1)N(C)CCc1ccc(OC)c(OC)c1. The van der Waals surface area contributed by atoms with Gasteiger partial charge in [-0.1, -0.05) is 6.07 Å². The normalized spacial score (nSPS) is 11.0. The molecule has 0 radical (unpaired) electrons. The highest BCUT2D eigenvalue weighted by Gasteiger charge is 2.13. The van der Waals surface area contributed by atoms with Crippen LogP contribution in [0.4, 0.5) is 0 Å². The third kappa shape index (κ3) is 6.14. The predicted octanol–water partition coefficient (Wildman–Crippen LogP) is 3.42. The van der Waals surface area contributed by atoms with Crippen LogP contribution in [0, 0.1) is 0 Å². The van der Waals surface area contributed by atoms with E-state index < -0.39 is 0 Å². The van der Waals surface area contributed by atoms with Gasteiger partial charge in [-0.3, -0.25) is 4.79 Å². The Hall–Kier alpha value is -3.22. The van der Waals surface area contributed by atoms with Crippen molar-refractivity contribution in [3.05, 3.63) is 53.6 Å². The summed E-state index contributed by atoms with van der Waals surface area (Å²) < 4.78 is 21.3. The molecular formula is C22H28N2O5. The van der Waals surface area contributed by atoms with Crippen LogP contribution in [0.5, 0.6) is 17.2 Å². The van der Waals surface area contributed by atoms with Crippen molar-refractivity contribution >= 4 is 11.9 Å². The molecule has 0 aliphatic heterocycles. The highest BCUT2D eigenvalue weighted by atomic mass is 16.5. The molecule has 156 valence electrons. The minimum Gasteiger partial charge on any atom is -0.497 e. The Labute approximate surface area is 171 Å². The van der Waals surface area contributed by atoms with Crippen molar-refractivity contribution < 1.29 is 23.7 Å². The molecule has 0 aliphatic rings. The van der Waals surface area contributed by atoms with Crippen LogP contribution in [0.2, 0.25) is 0 Å². The van der Waals surface area contributed by atoms with Crippen molar-refractivity contribution in [2.75, 3.05) is 41.5 Å². The molecule has 0 saturated heterocycles. The number of amidine groups is 1. The largest absolute Gasteiger partial charge is 0.497 e. The van der Waals surface area contributed by atoms with Gasteiger partial charge in [-0.25, -0.2) is 0 Å². The molecule has 29 heavy (non-hydrogen) atoms. The Bertz CT molecular complexity index is 834. The van der Waals surface area contributed by atoms with Crippen molar-refractivity contribution in [2.45, 2.75) is 13.3 Å². The Kier molecular flexibility index (Phi) is 8.33. The first-order valence-electron chi connectivity index (χ1n) is 9.34. The van der Waals surface area contributed by atoms with E-state index in [9.17, 15) is 4.79 Å². The molecule has 0 aromatic heterocycles. The number of amides is 1. The summed E-state index contributed by atoms with van der Waals surface area (Å²) in [4.78, 5) is 18.5. The van der Waals surface area contributed by atoms with Crippen molar-refractivity contribution in [1.82, 2.24) is 4.90 Å². The molecule has 0 fully saturated rings. The molecule has 0 unspecified atom stereocenters. The van der Waals surface area contributed by atoms with Gasteiger partial charge in [0.1, 0.15) is 5.75 Å². The van der Waals surface area contributed by atoms with E-state index in [4.69, 9.17) is 18.9 Å². The number of likely N-dealkylation sites (N-methyl/N-ethyl adjacent to an activating group) is 1. The lowest BCUT2D eigenvalue weighted by molar-refractivity contribution is 0.0995. The van der Waals surface area contributed by atoms with Gasteiger partial charge in [-0.2, -0.15) is 4.99 Å². The number of rotatable bonds is 8. The third-order valence-corrected chi connectivity index (χ3v) is 4.32. The summed E-state index contributed by atoms with van der Waals surface area (Å²) in [6.07, 6.45) is 0.722. The fourth-order valence-corrected chi connectivity index (χ4v) is 2.67. The van der Waals surface area contributed by atoms with Gasteiger partial charge in [-0.05, 0) is 55.3 Å². The van der Waals surface area contributed by atoms with Gasteiger partial charge < -0.3 is 23.8 Å². The quantitative estimate of drug-likeness (QED) is 0.500. The molecule has 1 amide bonds. The van der Waals surface area contributed by atoms with Gasteiger partial charge in [0, 0.05) is 19.2 Å². The van der Waals surface area contributed by atoms with Crippen LogP contribution >= 0.6 is 0 Å². The van der Waals surface area contributed by atoms with Gasteiger partial charge in [0.25, 0.3) is 11.9 Å². The van der Waals surface area contributed by atoms with Crippen LogP contribution in [0.25, 0.3) is 0 Å². The van der Waals surface area contributed by atoms with Gasteiger partial charge in [-0.15, -0.1) is 0 Å². The van der Waals surface area contributed by atoms with E-state index in [2.05, 4.69) is 4.99 Å². The van der Waals surface area contributed by atoms with E-state index in [1.165, 1.54) is 0 Å². The summed E-state index contributed by atoms with van der Waals surface area (Å²) in [6, 6.07) is 12.9. The number of benzene rings is 2. The third-order valence-electron chi connectivity index (χ3n) is 4.32. The first-order valence-corrected chi connectivity index (χ1v) is 9.34. The van der Waals surface area contributed by atoms with Crippen LogP contribution in [0.3, 0.4) is 0 Å². The molecule has 0 spiro atoms. The van der Waals surface area contributed by atoms with E-state index in [0.29, 0.717) is 36.0 Å². The number of carbonyl (C=O) groups excluding carboxylic acids is 1. The van der Waals surface area contributed by atoms with E-state index in [1.807, 2.05) is 37.1 Å². The lowest BCUT2D eigenvalue weighted by Gasteiger charge is -2.20. The molecule has 0 saturated carbocycles. The molecule has 7 heteroatoms. The first kappa shape index (κ1) is 22.1. The summed E-state index contributed by atoms with van der Waals surface area (Å²) in [5, 5.41) is 0. The molecule has 0 atom stereocenters. The zero-order valence-electron chi connectivity index (χ0n) is 17.6. The second-order valence-corrected chi connectivity index (χ2v) is 6.22. The molecule has 0 N–H and O–H groups in total. The maximum atomic E-state index is 12.5. The number of ether oxygens (including phenoxy) is 4. The fourth-order valence-electron chi connectivity index (χ4n) is 2.67. The Balaban J connectivity index is 2.08. The number of hydrogen-bond donors (Lipinski definition) is 0. The van der Waals surface area contributed by atoms with Crippen molar-refractivity contribution in [1.29, 1.82) is 0 Å². The van der Waals surface area contributed by atoms with Gasteiger partial charge in [0.05, 0.1) is 27.9 Å². The molecule has 2 aromatic rings. The number of methoxy groups -OCH3 is 3. The van der Waals surface area contributed by atoms with Crippen molar-refractivity contribution in [2.24, 2.45) is 4.99 Å². The number of nitrogens with zero attached hydrogens (tertiary/aromatic N) is 2. The molecule has 2 rings (SSSR count). The van der Waals surface area contributed by atoms with Crippen LogP contribution in [-0.4, -0.2) is 58.4 Å². The van der Waals surface area contributed by atoms with Crippen LogP contribution in [-0.2, 0) is 11.2 Å². The number of aliphatic imine (C=N–C) groups is 1. The van der Waals surface area contributed by atoms with E-state index in [1.54, 1.807) is 45.6 Å². The second kappa shape index (κ2) is 10.9. The molecule has 2 aromatic carbocycles. The lowest BCUT2D eigenvalue weighted by atomic mass is 10.1. The molecule has 0 aliphatic carbocycles.